The van der Waals surface area contributed by atoms with Gasteiger partial charge in [0.1, 0.15) is 0 Å². The van der Waals surface area contributed by atoms with Crippen molar-refractivity contribution in [3.05, 3.63) is 23.2 Å². The first-order valence-electron chi connectivity index (χ1n) is 7.24. The molecule has 0 bridgehead atoms. The Kier molecular flexibility index (Phi) is 9.43. The number of carbonyl (C=O) groups is 1. The van der Waals surface area contributed by atoms with Gasteiger partial charge in [-0.25, -0.2) is 8.78 Å². The van der Waals surface area contributed by atoms with E-state index in [2.05, 4.69) is 5.32 Å². The van der Waals surface area contributed by atoms with Gasteiger partial charge in [-0.15, -0.1) is 11.8 Å². The number of hydrogen-bond acceptors (Lipinski definition) is 3. The van der Waals surface area contributed by atoms with Gasteiger partial charge in [0, 0.05) is 11.3 Å². The van der Waals surface area contributed by atoms with Crippen LogP contribution in [0.3, 0.4) is 0 Å². The van der Waals surface area contributed by atoms with Crippen LogP contribution in [0.15, 0.2) is 23.1 Å². The summed E-state index contributed by atoms with van der Waals surface area (Å²) in [6, 6.07) is 4.98. The molecule has 0 unspecified atom stereocenters. The Morgan fingerprint density at radius 1 is 1.27 bits per heavy atom. The maximum absolute atomic E-state index is 12.4. The van der Waals surface area contributed by atoms with Gasteiger partial charge in [0.05, 0.1) is 16.5 Å². The van der Waals surface area contributed by atoms with E-state index in [1.807, 2.05) is 0 Å². The van der Waals surface area contributed by atoms with Gasteiger partial charge in [-0.3, -0.25) is 4.79 Å². The lowest BCUT2D eigenvalue weighted by molar-refractivity contribution is -0.116. The number of carbonyl (C=O) groups excluding carboxylic acids is 1. The van der Waals surface area contributed by atoms with Gasteiger partial charge in [-0.05, 0) is 31.5 Å². The highest BCUT2D eigenvalue weighted by Gasteiger charge is 2.13. The van der Waals surface area contributed by atoms with Crippen molar-refractivity contribution in [3.8, 4) is 0 Å². The van der Waals surface area contributed by atoms with Crippen LogP contribution < -0.4 is 11.1 Å². The molecule has 7 heteroatoms. The molecule has 0 heterocycles. The second-order valence-corrected chi connectivity index (χ2v) is 6.26. The monoisotopic (exact) mass is 350 g/mol. The molecular weight excluding hydrogens is 330 g/mol. The molecule has 22 heavy (non-hydrogen) atoms. The maximum atomic E-state index is 12.4. The molecule has 0 aliphatic carbocycles. The van der Waals surface area contributed by atoms with Crippen molar-refractivity contribution in [3.63, 3.8) is 0 Å². The van der Waals surface area contributed by atoms with Crippen LogP contribution in [0.5, 0.6) is 0 Å². The van der Waals surface area contributed by atoms with Crippen LogP contribution in [-0.2, 0) is 4.79 Å². The standard InChI is InChI=1S/C15H21ClF2N2OS/c16-11-6-5-7-12(15(11)22-10-13(17)18)20-14(21)8-3-1-2-4-9-19/h5-7,13H,1-4,8-10,19H2,(H,20,21). The van der Waals surface area contributed by atoms with Crippen molar-refractivity contribution in [1.82, 2.24) is 0 Å². The summed E-state index contributed by atoms with van der Waals surface area (Å²) in [6.45, 7) is 0.666. The number of hydrogen-bond donors (Lipinski definition) is 2. The fourth-order valence-corrected chi connectivity index (χ4v) is 3.01. The molecular formula is C15H21ClF2N2OS. The fraction of sp³-hybridized carbons (Fsp3) is 0.533. The number of amides is 1. The quantitative estimate of drug-likeness (QED) is 0.481. The van der Waals surface area contributed by atoms with Crippen molar-refractivity contribution in [2.24, 2.45) is 5.73 Å². The molecule has 1 rings (SSSR count). The molecule has 0 fully saturated rings. The second-order valence-electron chi connectivity index (χ2n) is 4.82. The molecule has 0 aliphatic rings. The number of halogens is 3. The Hall–Kier alpha value is -0.850. The number of unbranched alkanes of at least 4 members (excludes halogenated alkanes) is 3. The average Bonchev–Trinajstić information content (AvgIpc) is 2.46. The third-order valence-electron chi connectivity index (χ3n) is 2.95. The third kappa shape index (κ3) is 7.42. The van der Waals surface area contributed by atoms with Crippen LogP contribution in [0, 0.1) is 0 Å². The lowest BCUT2D eigenvalue weighted by atomic mass is 10.1. The smallest absolute Gasteiger partial charge is 0.247 e. The van der Waals surface area contributed by atoms with Crippen LogP contribution >= 0.6 is 23.4 Å². The van der Waals surface area contributed by atoms with E-state index in [4.69, 9.17) is 17.3 Å². The molecule has 0 aliphatic heterocycles. The van der Waals surface area contributed by atoms with E-state index in [0.29, 0.717) is 28.6 Å². The van der Waals surface area contributed by atoms with Crippen molar-refractivity contribution in [2.45, 2.75) is 43.4 Å². The molecule has 1 amide bonds. The van der Waals surface area contributed by atoms with Gasteiger partial charge in [-0.1, -0.05) is 30.5 Å². The van der Waals surface area contributed by atoms with E-state index in [1.165, 1.54) is 0 Å². The van der Waals surface area contributed by atoms with Crippen LogP contribution in [0.1, 0.15) is 32.1 Å². The second kappa shape index (κ2) is 10.8. The minimum Gasteiger partial charge on any atom is -0.330 e. The van der Waals surface area contributed by atoms with E-state index >= 15 is 0 Å². The van der Waals surface area contributed by atoms with Gasteiger partial charge in [0.2, 0.25) is 12.3 Å². The van der Waals surface area contributed by atoms with E-state index < -0.39 is 6.43 Å². The fourth-order valence-electron chi connectivity index (χ4n) is 1.90. The molecule has 3 N–H and O–H groups in total. The summed E-state index contributed by atoms with van der Waals surface area (Å²) >= 11 is 6.98. The zero-order valence-corrected chi connectivity index (χ0v) is 13.9. The molecule has 0 saturated heterocycles. The van der Waals surface area contributed by atoms with Crippen LogP contribution in [0.2, 0.25) is 5.02 Å². The summed E-state index contributed by atoms with van der Waals surface area (Å²) < 4.78 is 24.7. The van der Waals surface area contributed by atoms with Crippen molar-refractivity contribution in [1.29, 1.82) is 0 Å². The summed E-state index contributed by atoms with van der Waals surface area (Å²) in [5, 5.41) is 3.12. The molecule has 0 aromatic heterocycles. The van der Waals surface area contributed by atoms with E-state index in [-0.39, 0.29) is 11.7 Å². The number of nitrogens with one attached hydrogen (secondary N) is 1. The summed E-state index contributed by atoms with van der Waals surface area (Å²) in [7, 11) is 0. The van der Waals surface area contributed by atoms with Gasteiger partial charge >= 0.3 is 0 Å². The minimum atomic E-state index is -2.42. The first-order chi connectivity index (χ1) is 10.5. The van der Waals surface area contributed by atoms with Gasteiger partial charge < -0.3 is 11.1 Å². The predicted molar refractivity (Wildman–Crippen MR) is 88.9 cm³/mol. The van der Waals surface area contributed by atoms with E-state index in [1.54, 1.807) is 18.2 Å². The maximum Gasteiger partial charge on any atom is 0.247 e. The molecule has 3 nitrogen and oxygen atoms in total. The minimum absolute atomic E-state index is 0.131. The number of nitrogens with two attached hydrogens (primary N) is 1. The molecule has 0 radical (unpaired) electrons. The topological polar surface area (TPSA) is 55.1 Å². The zero-order chi connectivity index (χ0) is 16.4. The lowest BCUT2D eigenvalue weighted by Crippen LogP contribution is -2.12. The van der Waals surface area contributed by atoms with E-state index in [0.717, 1.165) is 37.4 Å². The Morgan fingerprint density at radius 2 is 2.00 bits per heavy atom. The summed E-state index contributed by atoms with van der Waals surface area (Å²) in [6.07, 6.45) is 1.68. The molecule has 0 saturated carbocycles. The number of alkyl halides is 2. The molecule has 1 aromatic rings. The number of anilines is 1. The number of rotatable bonds is 10. The SMILES string of the molecule is NCCCCCCC(=O)Nc1cccc(Cl)c1SCC(F)F. The molecule has 124 valence electrons. The Morgan fingerprint density at radius 3 is 2.68 bits per heavy atom. The zero-order valence-electron chi connectivity index (χ0n) is 12.3. The highest BCUT2D eigenvalue weighted by Crippen LogP contribution is 2.35. The number of thioether (sulfide) groups is 1. The third-order valence-corrected chi connectivity index (χ3v) is 4.53. The Bertz CT molecular complexity index is 475. The van der Waals surface area contributed by atoms with E-state index in [9.17, 15) is 13.6 Å². The van der Waals surface area contributed by atoms with Crippen LogP contribution in [0.4, 0.5) is 14.5 Å². The molecule has 0 spiro atoms. The first-order valence-corrected chi connectivity index (χ1v) is 8.60. The average molecular weight is 351 g/mol. The van der Waals surface area contributed by atoms with Gasteiger partial charge in [0.25, 0.3) is 0 Å². The molecule has 0 atom stereocenters. The molecule has 1 aromatic carbocycles. The summed E-state index contributed by atoms with van der Waals surface area (Å²) in [4.78, 5) is 12.4. The lowest BCUT2D eigenvalue weighted by Gasteiger charge is -2.12. The van der Waals surface area contributed by atoms with Crippen molar-refractivity contribution < 1.29 is 13.6 Å². The van der Waals surface area contributed by atoms with Gasteiger partial charge in [-0.2, -0.15) is 0 Å². The Labute approximate surface area is 139 Å². The summed E-state index contributed by atoms with van der Waals surface area (Å²) in [5.41, 5.74) is 5.90. The predicted octanol–water partition coefficient (Wildman–Crippen LogP) is 4.54. The Balaban J connectivity index is 2.53. The number of benzene rings is 1. The summed E-state index contributed by atoms with van der Waals surface area (Å²) in [5.74, 6) is -0.486. The highest BCUT2D eigenvalue weighted by molar-refractivity contribution is 7.99. The normalized spacial score (nSPS) is 11.0. The van der Waals surface area contributed by atoms with Crippen LogP contribution in [0.25, 0.3) is 0 Å². The van der Waals surface area contributed by atoms with Crippen molar-refractivity contribution in [2.75, 3.05) is 17.6 Å². The highest BCUT2D eigenvalue weighted by atomic mass is 35.5. The largest absolute Gasteiger partial charge is 0.330 e. The first kappa shape index (κ1) is 19.2. The van der Waals surface area contributed by atoms with Gasteiger partial charge in [0.15, 0.2) is 0 Å². The van der Waals surface area contributed by atoms with Crippen LogP contribution in [-0.4, -0.2) is 24.6 Å². The van der Waals surface area contributed by atoms with Crippen molar-refractivity contribution >= 4 is 35.0 Å².